The summed E-state index contributed by atoms with van der Waals surface area (Å²) in [5, 5.41) is 0. The van der Waals surface area contributed by atoms with Crippen molar-refractivity contribution in [3.05, 3.63) is 29.8 Å². The predicted octanol–water partition coefficient (Wildman–Crippen LogP) is 3.12. The molecule has 106 valence electrons. The van der Waals surface area contributed by atoms with Gasteiger partial charge in [0.2, 0.25) is 0 Å². The molecule has 0 aliphatic rings. The van der Waals surface area contributed by atoms with Crippen LogP contribution in [0.5, 0.6) is 0 Å². The number of rotatable bonds is 5. The van der Waals surface area contributed by atoms with E-state index in [1.54, 1.807) is 13.8 Å². The third kappa shape index (κ3) is 4.16. The van der Waals surface area contributed by atoms with Crippen molar-refractivity contribution in [2.75, 3.05) is 12.9 Å². The van der Waals surface area contributed by atoms with E-state index >= 15 is 0 Å². The first-order chi connectivity index (χ1) is 8.77. The van der Waals surface area contributed by atoms with Gasteiger partial charge in [0.1, 0.15) is 0 Å². The summed E-state index contributed by atoms with van der Waals surface area (Å²) in [5.74, 6) is 0.384. The third-order valence-corrected chi connectivity index (χ3v) is 4.82. The summed E-state index contributed by atoms with van der Waals surface area (Å²) in [4.78, 5) is 12.3. The van der Waals surface area contributed by atoms with Gasteiger partial charge in [-0.3, -0.25) is 9.00 Å². The second-order valence-electron chi connectivity index (χ2n) is 5.59. The minimum Gasteiger partial charge on any atom is -0.469 e. The number of carbonyl (C=O) groups excluding carboxylic acids is 1. The van der Waals surface area contributed by atoms with Crippen LogP contribution in [0.4, 0.5) is 0 Å². The minimum atomic E-state index is -1.20. The van der Waals surface area contributed by atoms with E-state index in [1.807, 2.05) is 24.3 Å². The van der Waals surface area contributed by atoms with Gasteiger partial charge in [-0.1, -0.05) is 26.0 Å². The summed E-state index contributed by atoms with van der Waals surface area (Å²) >= 11 is 0. The molecule has 0 saturated carbocycles. The standard InChI is InChI=1S/C15H22O3S/c1-11(2)12-6-8-13(9-7-12)19(17)10-15(3,4)14(16)18-5/h6-9,11H,10H2,1-5H3. The molecule has 0 aliphatic heterocycles. The van der Waals surface area contributed by atoms with Gasteiger partial charge in [0, 0.05) is 10.6 Å². The van der Waals surface area contributed by atoms with E-state index in [-0.39, 0.29) is 11.7 Å². The fourth-order valence-electron chi connectivity index (χ4n) is 1.75. The molecule has 4 heteroatoms. The highest BCUT2D eigenvalue weighted by molar-refractivity contribution is 7.85. The second kappa shape index (κ2) is 6.33. The van der Waals surface area contributed by atoms with Gasteiger partial charge < -0.3 is 4.74 Å². The van der Waals surface area contributed by atoms with Gasteiger partial charge in [-0.25, -0.2) is 0 Å². The highest BCUT2D eigenvalue weighted by Crippen LogP contribution is 2.23. The first-order valence-electron chi connectivity index (χ1n) is 6.34. The largest absolute Gasteiger partial charge is 0.469 e. The van der Waals surface area contributed by atoms with Crippen LogP contribution in [0.3, 0.4) is 0 Å². The van der Waals surface area contributed by atoms with Gasteiger partial charge in [-0.2, -0.15) is 0 Å². The van der Waals surface area contributed by atoms with Crippen LogP contribution in [0, 0.1) is 5.41 Å². The Labute approximate surface area is 117 Å². The summed E-state index contributed by atoms with van der Waals surface area (Å²) in [7, 11) is 0.154. The molecular formula is C15H22O3S. The molecule has 1 rings (SSSR count). The van der Waals surface area contributed by atoms with Crippen LogP contribution in [0.2, 0.25) is 0 Å². The number of methoxy groups -OCH3 is 1. The highest BCUT2D eigenvalue weighted by Gasteiger charge is 2.31. The zero-order valence-corrected chi connectivity index (χ0v) is 13.0. The van der Waals surface area contributed by atoms with Crippen molar-refractivity contribution in [1.29, 1.82) is 0 Å². The molecule has 0 fully saturated rings. The smallest absolute Gasteiger partial charge is 0.312 e. The van der Waals surface area contributed by atoms with E-state index in [0.717, 1.165) is 4.90 Å². The number of hydrogen-bond donors (Lipinski definition) is 0. The van der Waals surface area contributed by atoms with Gasteiger partial charge >= 0.3 is 5.97 Å². The molecule has 0 amide bonds. The molecule has 0 saturated heterocycles. The number of carbonyl (C=O) groups is 1. The van der Waals surface area contributed by atoms with Gasteiger partial charge in [0.15, 0.2) is 0 Å². The fourth-order valence-corrected chi connectivity index (χ4v) is 3.13. The van der Waals surface area contributed by atoms with Gasteiger partial charge in [0.25, 0.3) is 0 Å². The lowest BCUT2D eigenvalue weighted by Crippen LogP contribution is -2.31. The Kier molecular flexibility index (Phi) is 5.29. The average molecular weight is 282 g/mol. The van der Waals surface area contributed by atoms with Crippen LogP contribution in [0.15, 0.2) is 29.2 Å². The van der Waals surface area contributed by atoms with Crippen molar-refractivity contribution < 1.29 is 13.7 Å². The molecule has 1 atom stereocenters. The number of ether oxygens (including phenoxy) is 1. The van der Waals surface area contributed by atoms with Gasteiger partial charge in [-0.15, -0.1) is 0 Å². The van der Waals surface area contributed by atoms with E-state index in [2.05, 4.69) is 13.8 Å². The Hall–Kier alpha value is -1.16. The monoisotopic (exact) mass is 282 g/mol. The predicted molar refractivity (Wildman–Crippen MR) is 77.6 cm³/mol. The molecule has 1 aromatic rings. The molecule has 3 nitrogen and oxygen atoms in total. The van der Waals surface area contributed by atoms with Crippen LogP contribution < -0.4 is 0 Å². The van der Waals surface area contributed by atoms with Crippen LogP contribution in [0.1, 0.15) is 39.2 Å². The lowest BCUT2D eigenvalue weighted by molar-refractivity contribution is -0.149. The van der Waals surface area contributed by atoms with Crippen LogP contribution in [-0.2, 0) is 20.3 Å². The Balaban J connectivity index is 2.81. The summed E-state index contributed by atoms with van der Waals surface area (Å²) in [5.41, 5.74) is 0.476. The van der Waals surface area contributed by atoms with E-state index in [9.17, 15) is 9.00 Å². The minimum absolute atomic E-state index is 0.265. The van der Waals surface area contributed by atoms with Crippen LogP contribution >= 0.6 is 0 Å². The molecule has 0 spiro atoms. The van der Waals surface area contributed by atoms with Crippen LogP contribution in [-0.4, -0.2) is 23.0 Å². The summed E-state index contributed by atoms with van der Waals surface area (Å²) in [6.45, 7) is 7.73. The van der Waals surface area contributed by atoms with Crippen LogP contribution in [0.25, 0.3) is 0 Å². The molecule has 0 aromatic heterocycles. The lowest BCUT2D eigenvalue weighted by Gasteiger charge is -2.20. The van der Waals surface area contributed by atoms with Crippen molar-refractivity contribution in [3.8, 4) is 0 Å². The molecule has 0 aliphatic carbocycles. The Morgan fingerprint density at radius 1 is 1.26 bits per heavy atom. The first kappa shape index (κ1) is 15.9. The van der Waals surface area contributed by atoms with Crippen molar-refractivity contribution >= 4 is 16.8 Å². The van der Waals surface area contributed by atoms with Crippen molar-refractivity contribution in [2.45, 2.75) is 38.5 Å². The zero-order valence-electron chi connectivity index (χ0n) is 12.2. The molecule has 0 radical (unpaired) electrons. The summed E-state index contributed by atoms with van der Waals surface area (Å²) in [6, 6.07) is 7.73. The van der Waals surface area contributed by atoms with E-state index < -0.39 is 16.2 Å². The Morgan fingerprint density at radius 2 is 1.79 bits per heavy atom. The van der Waals surface area contributed by atoms with E-state index in [0.29, 0.717) is 5.92 Å². The van der Waals surface area contributed by atoms with Gasteiger partial charge in [-0.05, 0) is 37.5 Å². The molecule has 19 heavy (non-hydrogen) atoms. The van der Waals surface area contributed by atoms with Crippen molar-refractivity contribution in [1.82, 2.24) is 0 Å². The highest BCUT2D eigenvalue weighted by atomic mass is 32.2. The maximum Gasteiger partial charge on any atom is 0.312 e. The lowest BCUT2D eigenvalue weighted by atomic mass is 9.97. The molecule has 0 N–H and O–H groups in total. The third-order valence-electron chi connectivity index (χ3n) is 3.04. The Bertz CT molecular complexity index is 461. The molecule has 0 heterocycles. The molecule has 0 bridgehead atoms. The topological polar surface area (TPSA) is 43.4 Å². The quantitative estimate of drug-likeness (QED) is 0.779. The number of benzene rings is 1. The molecular weight excluding hydrogens is 260 g/mol. The Morgan fingerprint density at radius 3 is 2.21 bits per heavy atom. The fraction of sp³-hybridized carbons (Fsp3) is 0.533. The van der Waals surface area contributed by atoms with E-state index in [1.165, 1.54) is 12.7 Å². The normalized spacial score (nSPS) is 13.4. The average Bonchev–Trinajstić information content (AvgIpc) is 2.37. The van der Waals surface area contributed by atoms with Crippen molar-refractivity contribution in [2.24, 2.45) is 5.41 Å². The maximum atomic E-state index is 12.3. The molecule has 1 unspecified atom stereocenters. The second-order valence-corrected chi connectivity index (χ2v) is 7.04. The van der Waals surface area contributed by atoms with Crippen molar-refractivity contribution in [3.63, 3.8) is 0 Å². The summed E-state index contributed by atoms with van der Waals surface area (Å²) in [6.07, 6.45) is 0. The SMILES string of the molecule is COC(=O)C(C)(C)CS(=O)c1ccc(C(C)C)cc1. The van der Waals surface area contributed by atoms with E-state index in [4.69, 9.17) is 4.74 Å². The number of esters is 1. The van der Waals surface area contributed by atoms with Gasteiger partial charge in [0.05, 0.1) is 23.3 Å². The zero-order chi connectivity index (χ0) is 14.6. The molecule has 1 aromatic carbocycles. The first-order valence-corrected chi connectivity index (χ1v) is 7.66. The maximum absolute atomic E-state index is 12.3. The summed E-state index contributed by atoms with van der Waals surface area (Å²) < 4.78 is 17.0. The number of hydrogen-bond acceptors (Lipinski definition) is 3.